The summed E-state index contributed by atoms with van der Waals surface area (Å²) in [5, 5.41) is 11.7. The van der Waals surface area contributed by atoms with Gasteiger partial charge in [0.2, 0.25) is 5.91 Å². The third-order valence-electron chi connectivity index (χ3n) is 6.86. The van der Waals surface area contributed by atoms with E-state index >= 15 is 0 Å². The van der Waals surface area contributed by atoms with E-state index in [-0.39, 0.29) is 19.5 Å². The summed E-state index contributed by atoms with van der Waals surface area (Å²) in [5.74, 6) is -4.41. The molecule has 3 fully saturated rings. The number of carboxylic acid groups (broad SMARTS) is 1. The van der Waals surface area contributed by atoms with Crippen LogP contribution in [0.2, 0.25) is 0 Å². The Bertz CT molecular complexity index is 1120. The van der Waals surface area contributed by atoms with Crippen LogP contribution in [0.1, 0.15) is 38.8 Å². The van der Waals surface area contributed by atoms with Crippen molar-refractivity contribution in [3.05, 3.63) is 35.9 Å². The van der Waals surface area contributed by atoms with Crippen LogP contribution < -0.4 is 5.32 Å². The first kappa shape index (κ1) is 25.7. The summed E-state index contributed by atoms with van der Waals surface area (Å²) in [6.45, 7) is 5.78. The van der Waals surface area contributed by atoms with Crippen molar-refractivity contribution in [3.8, 4) is 0 Å². The van der Waals surface area contributed by atoms with E-state index in [1.54, 1.807) is 51.1 Å². The first-order chi connectivity index (χ1) is 17.0. The van der Waals surface area contributed by atoms with Crippen LogP contribution in [0.25, 0.3) is 0 Å². The number of aliphatic carboxylic acids is 1. The number of β-lactam (4-membered cyclic amide) rings is 1. The van der Waals surface area contributed by atoms with Crippen LogP contribution in [0.5, 0.6) is 0 Å². The van der Waals surface area contributed by atoms with Crippen LogP contribution in [0.3, 0.4) is 0 Å². The van der Waals surface area contributed by atoms with Crippen LogP contribution in [0.15, 0.2) is 30.3 Å². The number of fused-ring (bicyclic) bond motifs is 1. The molecular formula is C24H28N4O7S. The number of carbonyl (C=O) groups is 6. The highest BCUT2D eigenvalue weighted by atomic mass is 32.2. The molecule has 2 N–H and O–H groups in total. The summed E-state index contributed by atoms with van der Waals surface area (Å²) in [5.41, 5.74) is 0.466. The number of Topliss-reactive ketones (excluding diaryl/α,β-unsaturated/α-hetero) is 1. The van der Waals surface area contributed by atoms with Crippen molar-refractivity contribution in [1.82, 2.24) is 20.0 Å². The first-order valence-corrected chi connectivity index (χ1v) is 12.6. The molecule has 192 valence electrons. The van der Waals surface area contributed by atoms with Gasteiger partial charge in [0.05, 0.1) is 11.3 Å². The molecule has 1 unspecified atom stereocenters. The number of ketones is 1. The number of piperazine rings is 1. The standard InChI is InChI=1S/C24H28N4O7S/c1-4-26-10-11-27(20(32)19(26)31)23(35)25-16(13-8-6-5-7-9-13)15(29)12-14-18(30)28-17(22(33)34)24(2,3)36-21(14)28/h5-9,14,16-17,21H,4,10-12H2,1-3H3,(H,25,35)(H,33,34)/t14-,16-,17?,21-/m1/s1. The van der Waals surface area contributed by atoms with Gasteiger partial charge < -0.3 is 20.2 Å². The van der Waals surface area contributed by atoms with Gasteiger partial charge in [-0.25, -0.2) is 9.59 Å². The van der Waals surface area contributed by atoms with Crippen molar-refractivity contribution in [2.45, 2.75) is 49.4 Å². The minimum absolute atomic E-state index is 0.000388. The molecule has 12 heteroatoms. The molecule has 3 aliphatic heterocycles. The van der Waals surface area contributed by atoms with Gasteiger partial charge in [-0.3, -0.25) is 24.1 Å². The molecule has 1 aromatic rings. The van der Waals surface area contributed by atoms with Gasteiger partial charge in [-0.15, -0.1) is 11.8 Å². The number of rotatable bonds is 7. The van der Waals surface area contributed by atoms with Gasteiger partial charge in [0.1, 0.15) is 12.1 Å². The number of likely N-dealkylation sites (N-methyl/N-ethyl adjacent to an activating group) is 1. The second-order valence-electron chi connectivity index (χ2n) is 9.51. The highest BCUT2D eigenvalue weighted by Gasteiger charge is 2.63. The predicted octanol–water partition coefficient (Wildman–Crippen LogP) is 0.850. The fourth-order valence-corrected chi connectivity index (χ4v) is 6.66. The number of amides is 5. The van der Waals surface area contributed by atoms with Crippen molar-refractivity contribution < 1.29 is 33.9 Å². The topological polar surface area (TPSA) is 144 Å². The number of thioether (sulfide) groups is 1. The van der Waals surface area contributed by atoms with Crippen LogP contribution >= 0.6 is 11.8 Å². The Hall–Kier alpha value is -3.41. The summed E-state index contributed by atoms with van der Waals surface area (Å²) >= 11 is 1.34. The summed E-state index contributed by atoms with van der Waals surface area (Å²) in [6, 6.07) is 5.43. The smallest absolute Gasteiger partial charge is 0.327 e. The zero-order chi connectivity index (χ0) is 26.4. The monoisotopic (exact) mass is 516 g/mol. The molecule has 4 rings (SSSR count). The molecule has 36 heavy (non-hydrogen) atoms. The van der Waals surface area contributed by atoms with Crippen molar-refractivity contribution in [3.63, 3.8) is 0 Å². The maximum Gasteiger partial charge on any atom is 0.327 e. The Morgan fingerprint density at radius 1 is 1.11 bits per heavy atom. The maximum absolute atomic E-state index is 13.4. The Balaban J connectivity index is 1.51. The minimum atomic E-state index is -1.15. The Kier molecular flexibility index (Phi) is 6.82. The van der Waals surface area contributed by atoms with E-state index in [1.807, 2.05) is 0 Å². The first-order valence-electron chi connectivity index (χ1n) is 11.7. The number of nitrogens with zero attached hydrogens (tertiary/aromatic N) is 3. The number of imide groups is 1. The van der Waals surface area contributed by atoms with Crippen molar-refractivity contribution in [1.29, 1.82) is 0 Å². The Morgan fingerprint density at radius 2 is 1.78 bits per heavy atom. The molecule has 0 saturated carbocycles. The van der Waals surface area contributed by atoms with Gasteiger partial charge >= 0.3 is 23.8 Å². The number of nitrogens with one attached hydrogen (secondary N) is 1. The maximum atomic E-state index is 13.4. The second-order valence-corrected chi connectivity index (χ2v) is 11.3. The highest BCUT2D eigenvalue weighted by molar-refractivity contribution is 8.01. The molecule has 0 aromatic heterocycles. The molecule has 3 aliphatic rings. The van der Waals surface area contributed by atoms with E-state index in [4.69, 9.17) is 0 Å². The van der Waals surface area contributed by atoms with E-state index in [0.29, 0.717) is 12.1 Å². The summed E-state index contributed by atoms with van der Waals surface area (Å²) < 4.78 is -0.718. The average molecular weight is 517 g/mol. The van der Waals surface area contributed by atoms with Crippen LogP contribution in [0.4, 0.5) is 4.79 Å². The second kappa shape index (κ2) is 9.57. The van der Waals surface area contributed by atoms with E-state index in [9.17, 15) is 33.9 Å². The number of benzene rings is 1. The van der Waals surface area contributed by atoms with E-state index < -0.39 is 63.6 Å². The average Bonchev–Trinajstić information content (AvgIpc) is 3.10. The number of hydrogen-bond donors (Lipinski definition) is 2. The van der Waals surface area contributed by atoms with Gasteiger partial charge in [-0.2, -0.15) is 0 Å². The zero-order valence-corrected chi connectivity index (χ0v) is 21.0. The van der Waals surface area contributed by atoms with E-state index in [2.05, 4.69) is 5.32 Å². The van der Waals surface area contributed by atoms with Gasteiger partial charge in [0.15, 0.2) is 5.78 Å². The van der Waals surface area contributed by atoms with Crippen molar-refractivity contribution >= 4 is 47.3 Å². The fraction of sp³-hybridized carbons (Fsp3) is 0.500. The molecule has 5 amide bonds. The van der Waals surface area contributed by atoms with Gasteiger partial charge in [-0.1, -0.05) is 30.3 Å². The summed E-state index contributed by atoms with van der Waals surface area (Å²) in [4.78, 5) is 79.2. The Labute approximate surface area is 212 Å². The summed E-state index contributed by atoms with van der Waals surface area (Å²) in [7, 11) is 0. The number of carboxylic acids is 1. The van der Waals surface area contributed by atoms with Crippen LogP contribution in [-0.2, 0) is 24.0 Å². The molecule has 1 aromatic carbocycles. The third kappa shape index (κ3) is 4.34. The van der Waals surface area contributed by atoms with Gasteiger partial charge in [-0.05, 0) is 26.3 Å². The lowest BCUT2D eigenvalue weighted by molar-refractivity contribution is -0.164. The van der Waals surface area contributed by atoms with E-state index in [0.717, 1.165) is 4.90 Å². The lowest BCUT2D eigenvalue weighted by atomic mass is 9.86. The highest BCUT2D eigenvalue weighted by Crippen LogP contribution is 2.54. The van der Waals surface area contributed by atoms with E-state index in [1.165, 1.54) is 21.6 Å². The molecule has 0 bridgehead atoms. The minimum Gasteiger partial charge on any atom is -0.480 e. The number of urea groups is 1. The van der Waals surface area contributed by atoms with Gasteiger partial charge in [0, 0.05) is 30.8 Å². The van der Waals surface area contributed by atoms with Crippen LogP contribution in [0, 0.1) is 5.92 Å². The predicted molar refractivity (Wildman–Crippen MR) is 129 cm³/mol. The largest absolute Gasteiger partial charge is 0.480 e. The lowest BCUT2D eigenvalue weighted by Gasteiger charge is -2.43. The fourth-order valence-electron chi connectivity index (χ4n) is 4.98. The normalized spacial score (nSPS) is 25.8. The molecular weight excluding hydrogens is 488 g/mol. The van der Waals surface area contributed by atoms with Crippen molar-refractivity contribution in [2.75, 3.05) is 19.6 Å². The third-order valence-corrected chi connectivity index (χ3v) is 8.49. The molecule has 3 heterocycles. The Morgan fingerprint density at radius 3 is 2.39 bits per heavy atom. The van der Waals surface area contributed by atoms with Crippen molar-refractivity contribution in [2.24, 2.45) is 5.92 Å². The quantitative estimate of drug-likeness (QED) is 0.401. The number of carbonyl (C=O) groups excluding carboxylic acids is 5. The van der Waals surface area contributed by atoms with Gasteiger partial charge in [0.25, 0.3) is 0 Å². The lowest BCUT2D eigenvalue weighted by Crippen LogP contribution is -2.63. The molecule has 0 radical (unpaired) electrons. The summed E-state index contributed by atoms with van der Waals surface area (Å²) in [6.07, 6.45) is -0.203. The SMILES string of the molecule is CCN1CCN(C(=O)N[C@@H](C(=O)C[C@@H]2C(=O)N3C(C(=O)O)C(C)(C)S[C@H]23)c2ccccc2)C(=O)C1=O. The van der Waals surface area contributed by atoms with Crippen LogP contribution in [-0.4, -0.2) is 91.1 Å². The molecule has 3 saturated heterocycles. The molecule has 4 atom stereocenters. The zero-order valence-electron chi connectivity index (χ0n) is 20.2. The molecule has 0 spiro atoms. The molecule has 0 aliphatic carbocycles. The molecule has 11 nitrogen and oxygen atoms in total. The number of hydrogen-bond acceptors (Lipinski definition) is 7.